The van der Waals surface area contributed by atoms with E-state index in [1.807, 2.05) is 36.4 Å². The van der Waals surface area contributed by atoms with E-state index >= 15 is 0 Å². The van der Waals surface area contributed by atoms with Crippen molar-refractivity contribution in [2.45, 2.75) is 45.3 Å². The average Bonchev–Trinajstić information content (AvgIpc) is 3.12. The largest absolute Gasteiger partial charge is 0.494 e. The molecule has 33 heavy (non-hydrogen) atoms. The second-order valence-corrected chi connectivity index (χ2v) is 8.14. The van der Waals surface area contributed by atoms with Crippen LogP contribution in [0.2, 0.25) is 0 Å². The van der Waals surface area contributed by atoms with Gasteiger partial charge < -0.3 is 19.1 Å². The Morgan fingerprint density at radius 1 is 1.18 bits per heavy atom. The number of carboxylic acid groups (broad SMARTS) is 1. The van der Waals surface area contributed by atoms with E-state index in [0.717, 1.165) is 53.7 Å². The van der Waals surface area contributed by atoms with Crippen molar-refractivity contribution in [2.24, 2.45) is 0 Å². The normalized spacial score (nSPS) is 12.3. The van der Waals surface area contributed by atoms with Gasteiger partial charge in [-0.2, -0.15) is 0 Å². The lowest BCUT2D eigenvalue weighted by atomic mass is 10.1. The summed E-state index contributed by atoms with van der Waals surface area (Å²) < 4.78 is 13.4. The first kappa shape index (κ1) is 24.3. The van der Waals surface area contributed by atoms with Crippen LogP contribution in [0, 0.1) is 6.92 Å². The van der Waals surface area contributed by atoms with Crippen molar-refractivity contribution in [3.63, 3.8) is 0 Å². The van der Waals surface area contributed by atoms with Crippen molar-refractivity contribution in [1.29, 1.82) is 0 Å². The molecule has 0 amide bonds. The van der Waals surface area contributed by atoms with Gasteiger partial charge in [0.25, 0.3) is 0 Å². The van der Waals surface area contributed by atoms with Gasteiger partial charge in [0.15, 0.2) is 0 Å². The second-order valence-electron chi connectivity index (χ2n) is 8.14. The number of carboxylic acids is 1. The summed E-state index contributed by atoms with van der Waals surface area (Å²) in [5.41, 5.74) is 4.19. The van der Waals surface area contributed by atoms with Crippen molar-refractivity contribution in [2.75, 3.05) is 13.7 Å². The average molecular weight is 448 g/mol. The van der Waals surface area contributed by atoms with Crippen LogP contribution in [0.25, 0.3) is 10.9 Å². The molecule has 0 aliphatic rings. The first-order valence-corrected chi connectivity index (χ1v) is 11.3. The summed E-state index contributed by atoms with van der Waals surface area (Å²) in [4.78, 5) is 11.2. The zero-order valence-electron chi connectivity index (χ0n) is 19.5. The van der Waals surface area contributed by atoms with Gasteiger partial charge in [-0.25, -0.2) is 0 Å². The molecule has 1 unspecified atom stereocenters. The molecule has 3 rings (SSSR count). The molecular formula is C28H33NO4. The molecule has 2 aromatic carbocycles. The summed E-state index contributed by atoms with van der Waals surface area (Å²) in [5, 5.41) is 10.2. The number of nitrogens with zero attached hydrogens (tertiary/aromatic N) is 1. The fraction of sp³-hybridized carbons (Fsp3) is 0.321. The van der Waals surface area contributed by atoms with Crippen molar-refractivity contribution < 1.29 is 19.4 Å². The Morgan fingerprint density at radius 2 is 1.97 bits per heavy atom. The number of unbranched alkanes of at least 4 members (excludes halogenated alkanes) is 1. The van der Waals surface area contributed by atoms with Gasteiger partial charge in [0.05, 0.1) is 19.1 Å². The summed E-state index contributed by atoms with van der Waals surface area (Å²) in [6, 6.07) is 16.1. The van der Waals surface area contributed by atoms with Crippen LogP contribution < -0.4 is 4.74 Å². The number of hydrogen-bond donors (Lipinski definition) is 1. The number of aromatic nitrogens is 1. The predicted molar refractivity (Wildman–Crippen MR) is 133 cm³/mol. The van der Waals surface area contributed by atoms with Gasteiger partial charge in [0.1, 0.15) is 5.75 Å². The number of methoxy groups -OCH3 is 1. The molecule has 1 atom stereocenters. The molecule has 1 N–H and O–H groups in total. The zero-order chi connectivity index (χ0) is 23.6. The third kappa shape index (κ3) is 6.83. The molecule has 0 saturated heterocycles. The minimum absolute atomic E-state index is 0.0329. The van der Waals surface area contributed by atoms with E-state index in [-0.39, 0.29) is 12.5 Å². The highest BCUT2D eigenvalue weighted by Crippen LogP contribution is 2.25. The number of hydrogen-bond acceptors (Lipinski definition) is 3. The van der Waals surface area contributed by atoms with Crippen molar-refractivity contribution >= 4 is 16.9 Å². The summed E-state index contributed by atoms with van der Waals surface area (Å²) in [7, 11) is 1.69. The Bertz CT molecular complexity index is 1100. The van der Waals surface area contributed by atoms with Gasteiger partial charge in [0, 0.05) is 30.3 Å². The van der Waals surface area contributed by atoms with E-state index in [1.165, 1.54) is 5.56 Å². The zero-order valence-corrected chi connectivity index (χ0v) is 19.5. The molecule has 5 nitrogen and oxygen atoms in total. The maximum Gasteiger partial charge on any atom is 0.307 e. The number of ether oxygens (including phenoxy) is 2. The molecule has 0 bridgehead atoms. The summed E-state index contributed by atoms with van der Waals surface area (Å²) in [6.45, 7) is 7.21. The van der Waals surface area contributed by atoms with E-state index < -0.39 is 5.97 Å². The van der Waals surface area contributed by atoms with Crippen LogP contribution in [0.5, 0.6) is 5.75 Å². The van der Waals surface area contributed by atoms with Crippen LogP contribution in [0.1, 0.15) is 36.1 Å². The molecule has 0 aliphatic heterocycles. The molecule has 0 radical (unpaired) electrons. The number of benzene rings is 2. The van der Waals surface area contributed by atoms with Gasteiger partial charge in [-0.05, 0) is 61.6 Å². The van der Waals surface area contributed by atoms with Gasteiger partial charge in [-0.15, -0.1) is 6.58 Å². The van der Waals surface area contributed by atoms with Gasteiger partial charge in [-0.3, -0.25) is 4.79 Å². The molecular weight excluding hydrogens is 414 g/mol. The molecule has 5 heteroatoms. The molecule has 0 spiro atoms. The smallest absolute Gasteiger partial charge is 0.307 e. The quantitative estimate of drug-likeness (QED) is 0.261. The van der Waals surface area contributed by atoms with E-state index in [2.05, 4.69) is 48.4 Å². The molecule has 1 heterocycles. The number of aryl methyl sites for hydroxylation is 1. The third-order valence-electron chi connectivity index (χ3n) is 5.73. The monoisotopic (exact) mass is 447 g/mol. The fourth-order valence-electron chi connectivity index (χ4n) is 3.91. The Kier molecular flexibility index (Phi) is 8.90. The van der Waals surface area contributed by atoms with Crippen LogP contribution in [0.4, 0.5) is 0 Å². The minimum Gasteiger partial charge on any atom is -0.494 e. The van der Waals surface area contributed by atoms with E-state index in [4.69, 9.17) is 9.47 Å². The van der Waals surface area contributed by atoms with E-state index in [9.17, 15) is 9.90 Å². The van der Waals surface area contributed by atoms with Crippen molar-refractivity contribution in [3.05, 3.63) is 90.2 Å². The van der Waals surface area contributed by atoms with Crippen LogP contribution in [-0.2, 0) is 22.5 Å². The number of aliphatic carboxylic acids is 1. The standard InChI is InChI=1S/C28H33NO4/c1-4-24(32-3)11-7-5-6-8-17-33-25-15-13-22(14-16-25)20-29-21(2)18-26-23(19-28(30)31)10-9-12-27(26)29/h4-5,7,9-10,12-16,18,24H,1,6,8,11,17,19-20H2,2-3H3,(H,30,31)/b7-5+. The molecule has 0 aliphatic carbocycles. The topological polar surface area (TPSA) is 60.7 Å². The molecule has 3 aromatic rings. The lowest BCUT2D eigenvalue weighted by Gasteiger charge is -2.11. The van der Waals surface area contributed by atoms with Crippen LogP contribution in [-0.4, -0.2) is 35.5 Å². The second kappa shape index (κ2) is 12.1. The SMILES string of the molecule is C=CC(C/C=C/CCCOc1ccc(Cn2c(C)cc3c(CC(=O)O)cccc32)cc1)OC. The highest BCUT2D eigenvalue weighted by molar-refractivity contribution is 5.88. The van der Waals surface area contributed by atoms with Crippen LogP contribution >= 0.6 is 0 Å². The Morgan fingerprint density at radius 3 is 2.67 bits per heavy atom. The predicted octanol–water partition coefficient (Wildman–Crippen LogP) is 5.93. The first-order chi connectivity index (χ1) is 16.0. The van der Waals surface area contributed by atoms with Crippen molar-refractivity contribution in [1.82, 2.24) is 4.57 Å². The summed E-state index contributed by atoms with van der Waals surface area (Å²) >= 11 is 0. The van der Waals surface area contributed by atoms with E-state index in [0.29, 0.717) is 6.61 Å². The number of rotatable bonds is 13. The minimum atomic E-state index is -0.813. The highest BCUT2D eigenvalue weighted by atomic mass is 16.5. The fourth-order valence-corrected chi connectivity index (χ4v) is 3.91. The molecule has 1 aromatic heterocycles. The molecule has 174 valence electrons. The maximum atomic E-state index is 11.2. The number of carbonyl (C=O) groups is 1. The lowest BCUT2D eigenvalue weighted by Crippen LogP contribution is -2.03. The van der Waals surface area contributed by atoms with Crippen LogP contribution in [0.15, 0.2) is 73.3 Å². The Labute approximate surface area is 196 Å². The van der Waals surface area contributed by atoms with Gasteiger partial charge in [0.2, 0.25) is 0 Å². The van der Waals surface area contributed by atoms with Gasteiger partial charge in [-0.1, -0.05) is 42.5 Å². The molecule has 0 fully saturated rings. The Hall–Kier alpha value is -3.31. The first-order valence-electron chi connectivity index (χ1n) is 11.3. The van der Waals surface area contributed by atoms with Gasteiger partial charge >= 0.3 is 5.97 Å². The van der Waals surface area contributed by atoms with Crippen molar-refractivity contribution in [3.8, 4) is 5.75 Å². The Balaban J connectivity index is 1.53. The highest BCUT2D eigenvalue weighted by Gasteiger charge is 2.11. The lowest BCUT2D eigenvalue weighted by molar-refractivity contribution is -0.136. The number of allylic oxidation sites excluding steroid dienone is 1. The van der Waals surface area contributed by atoms with E-state index in [1.54, 1.807) is 7.11 Å². The maximum absolute atomic E-state index is 11.2. The molecule has 0 saturated carbocycles. The number of fused-ring (bicyclic) bond motifs is 1. The summed E-state index contributed by atoms with van der Waals surface area (Å²) in [6.07, 6.45) is 8.98. The third-order valence-corrected chi connectivity index (χ3v) is 5.73. The van der Waals surface area contributed by atoms with Crippen LogP contribution in [0.3, 0.4) is 0 Å². The summed E-state index contributed by atoms with van der Waals surface area (Å²) in [5.74, 6) is 0.0543.